The molecule has 0 saturated carbocycles. The van der Waals surface area contributed by atoms with Crippen LogP contribution in [0.4, 0.5) is 0 Å². The van der Waals surface area contributed by atoms with Gasteiger partial charge >= 0.3 is 0 Å². The van der Waals surface area contributed by atoms with Crippen molar-refractivity contribution >= 4 is 0 Å². The van der Waals surface area contributed by atoms with Crippen molar-refractivity contribution in [1.29, 1.82) is 0 Å². The lowest BCUT2D eigenvalue weighted by molar-refractivity contribution is 0.787. The number of aromatic nitrogens is 1. The van der Waals surface area contributed by atoms with Gasteiger partial charge in [-0.15, -0.1) is 0 Å². The normalized spacial score (nSPS) is 10.5. The monoisotopic (exact) mass is 151 g/mol. The van der Waals surface area contributed by atoms with Gasteiger partial charge in [-0.3, -0.25) is 0 Å². The molecule has 0 fully saturated rings. The van der Waals surface area contributed by atoms with Crippen molar-refractivity contribution in [3.63, 3.8) is 0 Å². The van der Waals surface area contributed by atoms with Crippen molar-refractivity contribution in [3.8, 4) is 0 Å². The molecule has 11 heavy (non-hydrogen) atoms. The van der Waals surface area contributed by atoms with Crippen molar-refractivity contribution in [2.24, 2.45) is 7.05 Å². The Labute approximate surface area is 69.0 Å². The topological polar surface area (TPSA) is 4.93 Å². The molecule has 0 bridgehead atoms. The first kappa shape index (κ1) is 8.38. The Morgan fingerprint density at radius 3 is 2.55 bits per heavy atom. The SMILES string of the molecule is CCCc1cc(CC)cn1C. The van der Waals surface area contributed by atoms with Crippen molar-refractivity contribution in [2.45, 2.75) is 33.1 Å². The standard InChI is InChI=1S/C10H17N/c1-4-6-10-7-9(5-2)8-11(10)3/h7-8H,4-6H2,1-3H3. The zero-order chi connectivity index (χ0) is 8.27. The highest BCUT2D eigenvalue weighted by Crippen LogP contribution is 2.09. The molecule has 0 aromatic carbocycles. The molecule has 0 aliphatic rings. The van der Waals surface area contributed by atoms with E-state index in [0.717, 1.165) is 6.42 Å². The second-order valence-electron chi connectivity index (χ2n) is 3.05. The number of hydrogen-bond acceptors (Lipinski definition) is 0. The molecule has 0 atom stereocenters. The molecule has 1 nitrogen and oxygen atoms in total. The predicted octanol–water partition coefficient (Wildman–Crippen LogP) is 2.54. The Morgan fingerprint density at radius 2 is 2.09 bits per heavy atom. The summed E-state index contributed by atoms with van der Waals surface area (Å²) in [5.74, 6) is 0. The van der Waals surface area contributed by atoms with Crippen LogP contribution in [-0.4, -0.2) is 4.57 Å². The summed E-state index contributed by atoms with van der Waals surface area (Å²) in [7, 11) is 2.13. The fourth-order valence-corrected chi connectivity index (χ4v) is 1.38. The molecular weight excluding hydrogens is 134 g/mol. The second kappa shape index (κ2) is 3.61. The molecule has 0 saturated heterocycles. The average molecular weight is 151 g/mol. The number of hydrogen-bond donors (Lipinski definition) is 0. The molecule has 0 aliphatic heterocycles. The van der Waals surface area contributed by atoms with Crippen molar-refractivity contribution in [3.05, 3.63) is 23.5 Å². The maximum absolute atomic E-state index is 2.31. The lowest BCUT2D eigenvalue weighted by Gasteiger charge is -1.98. The van der Waals surface area contributed by atoms with Crippen molar-refractivity contribution in [1.82, 2.24) is 4.57 Å². The maximum atomic E-state index is 2.31. The Kier molecular flexibility index (Phi) is 2.75. The highest BCUT2D eigenvalue weighted by atomic mass is 14.9. The van der Waals surface area contributed by atoms with E-state index in [1.165, 1.54) is 24.1 Å². The van der Waals surface area contributed by atoms with Gasteiger partial charge in [0.15, 0.2) is 0 Å². The van der Waals surface area contributed by atoms with Crippen LogP contribution in [0.2, 0.25) is 0 Å². The molecule has 0 N–H and O–H groups in total. The molecule has 0 aliphatic carbocycles. The van der Waals surface area contributed by atoms with Crippen LogP contribution >= 0.6 is 0 Å². The van der Waals surface area contributed by atoms with Crippen LogP contribution in [0.1, 0.15) is 31.5 Å². The average Bonchev–Trinajstić information content (AvgIpc) is 2.33. The van der Waals surface area contributed by atoms with Gasteiger partial charge in [-0.25, -0.2) is 0 Å². The minimum absolute atomic E-state index is 1.15. The maximum Gasteiger partial charge on any atom is 0.0174 e. The highest BCUT2D eigenvalue weighted by molar-refractivity contribution is 5.18. The van der Waals surface area contributed by atoms with Crippen LogP contribution in [0.5, 0.6) is 0 Å². The van der Waals surface area contributed by atoms with E-state index in [-0.39, 0.29) is 0 Å². The highest BCUT2D eigenvalue weighted by Gasteiger charge is 1.99. The van der Waals surface area contributed by atoms with Gasteiger partial charge in [0.05, 0.1) is 0 Å². The van der Waals surface area contributed by atoms with Gasteiger partial charge in [0.25, 0.3) is 0 Å². The minimum Gasteiger partial charge on any atom is -0.354 e. The minimum atomic E-state index is 1.15. The Hall–Kier alpha value is -0.720. The molecule has 1 rings (SSSR count). The third kappa shape index (κ3) is 1.86. The largest absolute Gasteiger partial charge is 0.354 e. The van der Waals surface area contributed by atoms with E-state index in [1.54, 1.807) is 0 Å². The molecule has 0 amide bonds. The zero-order valence-electron chi connectivity index (χ0n) is 7.72. The van der Waals surface area contributed by atoms with E-state index in [0.29, 0.717) is 0 Å². The molecule has 0 radical (unpaired) electrons. The van der Waals surface area contributed by atoms with Gasteiger partial charge in [-0.05, 0) is 24.5 Å². The lowest BCUT2D eigenvalue weighted by atomic mass is 10.2. The van der Waals surface area contributed by atoms with E-state index in [1.807, 2.05) is 0 Å². The van der Waals surface area contributed by atoms with Gasteiger partial charge in [0.2, 0.25) is 0 Å². The lowest BCUT2D eigenvalue weighted by Crippen LogP contribution is -1.92. The van der Waals surface area contributed by atoms with Crippen LogP contribution in [0.3, 0.4) is 0 Å². The quantitative estimate of drug-likeness (QED) is 0.625. The predicted molar refractivity (Wildman–Crippen MR) is 48.8 cm³/mol. The van der Waals surface area contributed by atoms with Crippen molar-refractivity contribution < 1.29 is 0 Å². The molecule has 1 heterocycles. The van der Waals surface area contributed by atoms with Gasteiger partial charge in [0.1, 0.15) is 0 Å². The van der Waals surface area contributed by atoms with E-state index in [4.69, 9.17) is 0 Å². The second-order valence-corrected chi connectivity index (χ2v) is 3.05. The number of nitrogens with zero attached hydrogens (tertiary/aromatic N) is 1. The fraction of sp³-hybridized carbons (Fsp3) is 0.600. The summed E-state index contributed by atoms with van der Waals surface area (Å²) in [6.07, 6.45) is 5.82. The summed E-state index contributed by atoms with van der Waals surface area (Å²) < 4.78 is 2.24. The van der Waals surface area contributed by atoms with E-state index in [2.05, 4.69) is 37.7 Å². The smallest absolute Gasteiger partial charge is 0.0174 e. The molecule has 1 aromatic rings. The van der Waals surface area contributed by atoms with Gasteiger partial charge in [-0.1, -0.05) is 20.3 Å². The summed E-state index contributed by atoms with van der Waals surface area (Å²) in [6.45, 7) is 4.42. The molecular formula is C10H17N. The zero-order valence-corrected chi connectivity index (χ0v) is 7.72. The van der Waals surface area contributed by atoms with Gasteiger partial charge in [0, 0.05) is 18.9 Å². The molecule has 0 spiro atoms. The summed E-state index contributed by atoms with van der Waals surface area (Å²) in [5, 5.41) is 0. The summed E-state index contributed by atoms with van der Waals surface area (Å²) in [6, 6.07) is 2.31. The van der Waals surface area contributed by atoms with Crippen LogP contribution in [-0.2, 0) is 19.9 Å². The van der Waals surface area contributed by atoms with Crippen LogP contribution < -0.4 is 0 Å². The first-order valence-electron chi connectivity index (χ1n) is 4.42. The first-order valence-corrected chi connectivity index (χ1v) is 4.42. The van der Waals surface area contributed by atoms with Gasteiger partial charge in [-0.2, -0.15) is 0 Å². The Bertz CT molecular complexity index is 223. The van der Waals surface area contributed by atoms with E-state index in [9.17, 15) is 0 Å². The third-order valence-electron chi connectivity index (χ3n) is 2.08. The Balaban J connectivity index is 2.79. The Morgan fingerprint density at radius 1 is 1.36 bits per heavy atom. The molecule has 0 unspecified atom stereocenters. The van der Waals surface area contributed by atoms with Crippen molar-refractivity contribution in [2.75, 3.05) is 0 Å². The first-order chi connectivity index (χ1) is 5.27. The molecule has 1 aromatic heterocycles. The molecule has 1 heteroatoms. The number of rotatable bonds is 3. The molecule has 62 valence electrons. The fourth-order valence-electron chi connectivity index (χ4n) is 1.38. The van der Waals surface area contributed by atoms with Crippen LogP contribution in [0.15, 0.2) is 12.3 Å². The summed E-state index contributed by atoms with van der Waals surface area (Å²) in [5.41, 5.74) is 2.92. The van der Waals surface area contributed by atoms with E-state index >= 15 is 0 Å². The summed E-state index contributed by atoms with van der Waals surface area (Å²) in [4.78, 5) is 0. The summed E-state index contributed by atoms with van der Waals surface area (Å²) >= 11 is 0. The number of aryl methyl sites for hydroxylation is 3. The van der Waals surface area contributed by atoms with Crippen LogP contribution in [0, 0.1) is 0 Å². The third-order valence-corrected chi connectivity index (χ3v) is 2.08. The van der Waals surface area contributed by atoms with Crippen LogP contribution in [0.25, 0.3) is 0 Å². The van der Waals surface area contributed by atoms with Gasteiger partial charge < -0.3 is 4.57 Å². The van der Waals surface area contributed by atoms with E-state index < -0.39 is 0 Å².